The molecule has 0 aliphatic heterocycles. The van der Waals surface area contributed by atoms with E-state index in [4.69, 9.17) is 16.3 Å². The van der Waals surface area contributed by atoms with E-state index < -0.39 is 17.3 Å². The van der Waals surface area contributed by atoms with Crippen molar-refractivity contribution in [2.45, 2.75) is 152 Å². The third kappa shape index (κ3) is 6.64. The number of nitroso groups, excluding NO2 is 1. The molecule has 0 aromatic heterocycles. The fourth-order valence-corrected chi connectivity index (χ4v) is 13.5. The predicted molar refractivity (Wildman–Crippen MR) is 215 cm³/mol. The molecule has 8 heteroatoms. The Morgan fingerprint density at radius 2 is 1.67 bits per heavy atom. The number of hydrogen-bond acceptors (Lipinski definition) is 5. The number of carbonyl (C=O) groups excluding carboxylic acids is 3. The SMILES string of the molecule is CC(C)C1=C2C3CCC4C5(C)CCC(OC(=O)CC(C)(C)C(=O)N=O)C(C)(C)C5CCC4(C)C3(C)CCC2(C=CC(=O)NC(C)c2cccc(Cl)c2)CC1. The number of hydrogen-bond donors (Lipinski definition) is 1. The van der Waals surface area contributed by atoms with Crippen LogP contribution in [0, 0.1) is 61.1 Å². The van der Waals surface area contributed by atoms with Crippen LogP contribution in [0.25, 0.3) is 0 Å². The van der Waals surface area contributed by atoms with Crippen LogP contribution in [0.1, 0.15) is 151 Å². The number of carbonyl (C=O) groups is 3. The van der Waals surface area contributed by atoms with Gasteiger partial charge in [0, 0.05) is 21.0 Å². The van der Waals surface area contributed by atoms with E-state index in [2.05, 4.69) is 65.0 Å². The molecule has 5 aliphatic carbocycles. The number of halogens is 1. The summed E-state index contributed by atoms with van der Waals surface area (Å²) in [6.45, 7) is 22.3. The van der Waals surface area contributed by atoms with Crippen LogP contribution in [0.2, 0.25) is 5.02 Å². The molecule has 0 heterocycles. The minimum Gasteiger partial charge on any atom is -0.462 e. The van der Waals surface area contributed by atoms with Crippen molar-refractivity contribution < 1.29 is 19.1 Å². The zero-order chi connectivity index (χ0) is 39.6. The van der Waals surface area contributed by atoms with Crippen LogP contribution in [-0.2, 0) is 19.1 Å². The molecular weight excluding hydrogens is 696 g/mol. The summed E-state index contributed by atoms with van der Waals surface area (Å²) in [7, 11) is 0. The maximum absolute atomic E-state index is 13.4. The fourth-order valence-electron chi connectivity index (χ4n) is 13.3. The molecule has 9 atom stereocenters. The summed E-state index contributed by atoms with van der Waals surface area (Å²) in [5.74, 6) is 0.627. The third-order valence-electron chi connectivity index (χ3n) is 16.4. The van der Waals surface area contributed by atoms with Gasteiger partial charge in [-0.2, -0.15) is 0 Å². The van der Waals surface area contributed by atoms with Crippen LogP contribution in [0.3, 0.4) is 0 Å². The number of nitrogens with zero attached hydrogens (tertiary/aromatic N) is 1. The summed E-state index contributed by atoms with van der Waals surface area (Å²) in [5, 5.41) is 6.44. The monoisotopic (exact) mass is 760 g/mol. The largest absolute Gasteiger partial charge is 0.462 e. The molecule has 0 saturated heterocycles. The van der Waals surface area contributed by atoms with Crippen molar-refractivity contribution in [1.29, 1.82) is 0 Å². The summed E-state index contributed by atoms with van der Waals surface area (Å²) < 4.78 is 6.20. The van der Waals surface area contributed by atoms with E-state index in [0.717, 1.165) is 56.9 Å². The number of rotatable bonds is 9. The molecule has 9 unspecified atom stereocenters. The average molecular weight is 761 g/mol. The maximum atomic E-state index is 13.4. The molecule has 2 amide bonds. The van der Waals surface area contributed by atoms with Gasteiger partial charge in [0.15, 0.2) is 0 Å². The van der Waals surface area contributed by atoms with Crippen molar-refractivity contribution in [2.24, 2.45) is 61.3 Å². The molecule has 4 fully saturated rings. The minimum atomic E-state index is -1.17. The van der Waals surface area contributed by atoms with Gasteiger partial charge >= 0.3 is 5.97 Å². The topological polar surface area (TPSA) is 102 Å². The molecule has 0 spiro atoms. The van der Waals surface area contributed by atoms with E-state index in [0.29, 0.717) is 28.7 Å². The lowest BCUT2D eigenvalue weighted by Crippen LogP contribution is -2.65. The predicted octanol–water partition coefficient (Wildman–Crippen LogP) is 11.5. The number of amides is 2. The van der Waals surface area contributed by atoms with E-state index >= 15 is 0 Å². The van der Waals surface area contributed by atoms with Gasteiger partial charge in [-0.05, 0) is 135 Å². The van der Waals surface area contributed by atoms with Crippen LogP contribution in [0.5, 0.6) is 0 Å². The first-order valence-corrected chi connectivity index (χ1v) is 21.1. The average Bonchev–Trinajstić information content (AvgIpc) is 3.48. The number of fused-ring (bicyclic) bond motifs is 7. The highest BCUT2D eigenvalue weighted by Gasteiger charge is 2.69. The molecule has 6 rings (SSSR count). The van der Waals surface area contributed by atoms with Gasteiger partial charge in [-0.25, -0.2) is 0 Å². The molecule has 0 bridgehead atoms. The van der Waals surface area contributed by atoms with Crippen LogP contribution in [-0.4, -0.2) is 23.9 Å². The Labute approximate surface area is 329 Å². The van der Waals surface area contributed by atoms with Crippen molar-refractivity contribution in [3.63, 3.8) is 0 Å². The highest BCUT2D eigenvalue weighted by Crippen LogP contribution is 2.77. The number of esters is 1. The molecule has 7 nitrogen and oxygen atoms in total. The van der Waals surface area contributed by atoms with E-state index in [1.54, 1.807) is 25.0 Å². The highest BCUT2D eigenvalue weighted by atomic mass is 35.5. The Kier molecular flexibility index (Phi) is 10.8. The Morgan fingerprint density at radius 3 is 2.33 bits per heavy atom. The van der Waals surface area contributed by atoms with E-state index in [9.17, 15) is 19.3 Å². The molecule has 54 heavy (non-hydrogen) atoms. The van der Waals surface area contributed by atoms with Gasteiger partial charge in [0.05, 0.1) is 17.9 Å². The normalized spacial score (nSPS) is 36.4. The lowest BCUT2D eigenvalue weighted by molar-refractivity contribution is -0.232. The second-order valence-electron chi connectivity index (χ2n) is 20.3. The van der Waals surface area contributed by atoms with Gasteiger partial charge < -0.3 is 10.1 Å². The van der Waals surface area contributed by atoms with Crippen molar-refractivity contribution in [3.8, 4) is 0 Å². The summed E-state index contributed by atoms with van der Waals surface area (Å²) in [5.41, 5.74) is 3.22. The second kappa shape index (κ2) is 14.3. The molecule has 1 N–H and O–H groups in total. The van der Waals surface area contributed by atoms with Crippen molar-refractivity contribution in [2.75, 3.05) is 0 Å². The molecule has 1 aromatic rings. The Hall–Kier alpha value is -2.80. The quantitative estimate of drug-likeness (QED) is 0.117. The molecule has 5 aliphatic rings. The summed E-state index contributed by atoms with van der Waals surface area (Å²) in [6.07, 6.45) is 14.6. The molecule has 296 valence electrons. The zero-order valence-electron chi connectivity index (χ0n) is 34.6. The first-order valence-electron chi connectivity index (χ1n) is 20.7. The third-order valence-corrected chi connectivity index (χ3v) is 16.7. The van der Waals surface area contributed by atoms with Gasteiger partial charge in [0.2, 0.25) is 5.91 Å². The number of ether oxygens (including phenoxy) is 1. The minimum absolute atomic E-state index is 0.0523. The van der Waals surface area contributed by atoms with Gasteiger partial charge in [0.25, 0.3) is 5.91 Å². The molecule has 1 aromatic carbocycles. The van der Waals surface area contributed by atoms with Crippen LogP contribution in [0.4, 0.5) is 0 Å². The van der Waals surface area contributed by atoms with Gasteiger partial charge in [-0.3, -0.25) is 14.4 Å². The Bertz CT molecular complexity index is 1750. The lowest BCUT2D eigenvalue weighted by Gasteiger charge is -2.72. The van der Waals surface area contributed by atoms with Crippen LogP contribution in [0.15, 0.2) is 52.7 Å². The molecule has 0 radical (unpaired) electrons. The van der Waals surface area contributed by atoms with Crippen LogP contribution >= 0.6 is 11.6 Å². The fraction of sp³-hybridized carbons (Fsp3) is 0.717. The van der Waals surface area contributed by atoms with Crippen molar-refractivity contribution >= 4 is 29.4 Å². The van der Waals surface area contributed by atoms with Gasteiger partial charge in [0.1, 0.15) is 6.10 Å². The second-order valence-corrected chi connectivity index (χ2v) is 20.7. The highest BCUT2D eigenvalue weighted by molar-refractivity contribution is 6.30. The van der Waals surface area contributed by atoms with Crippen molar-refractivity contribution in [3.05, 3.63) is 63.1 Å². The first-order chi connectivity index (χ1) is 25.1. The Morgan fingerprint density at radius 1 is 0.944 bits per heavy atom. The van der Waals surface area contributed by atoms with E-state index in [1.807, 2.05) is 37.3 Å². The van der Waals surface area contributed by atoms with Crippen molar-refractivity contribution in [1.82, 2.24) is 5.32 Å². The molecule has 4 saturated carbocycles. The maximum Gasteiger partial charge on any atom is 0.307 e. The summed E-state index contributed by atoms with van der Waals surface area (Å²) in [6, 6.07) is 7.56. The first kappa shape index (κ1) is 40.9. The van der Waals surface area contributed by atoms with E-state index in [-0.39, 0.29) is 51.5 Å². The standard InChI is InChI=1S/C46H65ClN2O5/c1-28(2)32-16-22-46(23-19-37(50)48-29(3)30-12-11-13-31(47)26-30)25-24-44(9)33(39(32)46)14-15-35-43(8)20-18-36(42(6,7)34(43)17-21-45(35,44)10)54-38(51)27-41(4,5)40(52)49-53/h11-13,19,23,26,28-29,33-36H,14-18,20-22,24-25,27H2,1-10H3,(H,48,50). The number of allylic oxidation sites excluding steroid dienone is 3. The van der Waals surface area contributed by atoms with E-state index in [1.165, 1.54) is 12.8 Å². The Balaban J connectivity index is 1.23. The zero-order valence-corrected chi connectivity index (χ0v) is 35.3. The number of nitrogens with one attached hydrogen (secondary N) is 1. The van der Waals surface area contributed by atoms with Gasteiger partial charge in [-0.1, -0.05) is 103 Å². The van der Waals surface area contributed by atoms with Crippen LogP contribution < -0.4 is 5.32 Å². The lowest BCUT2D eigenvalue weighted by atomic mass is 9.33. The molecular formula is C46H65ClN2O5. The number of benzene rings is 1. The summed E-state index contributed by atoms with van der Waals surface area (Å²) >= 11 is 6.25. The smallest absolute Gasteiger partial charge is 0.307 e. The van der Waals surface area contributed by atoms with Gasteiger partial charge in [-0.15, -0.1) is 4.91 Å². The summed E-state index contributed by atoms with van der Waals surface area (Å²) in [4.78, 5) is 49.7.